The van der Waals surface area contributed by atoms with Gasteiger partial charge < -0.3 is 14.6 Å². The van der Waals surface area contributed by atoms with Gasteiger partial charge in [0, 0.05) is 19.9 Å². The summed E-state index contributed by atoms with van der Waals surface area (Å²) in [6, 6.07) is 10.2. The molecular weight excluding hydrogens is 351 g/mol. The van der Waals surface area contributed by atoms with Gasteiger partial charge in [0.25, 0.3) is 0 Å². The van der Waals surface area contributed by atoms with Gasteiger partial charge in [0.1, 0.15) is 10.6 Å². The summed E-state index contributed by atoms with van der Waals surface area (Å²) in [5.74, 6) is -0.785. The van der Waals surface area contributed by atoms with Crippen LogP contribution in [0.2, 0.25) is 0 Å². The van der Waals surface area contributed by atoms with Gasteiger partial charge in [-0.3, -0.25) is 0 Å². The van der Waals surface area contributed by atoms with Crippen LogP contribution in [-0.4, -0.2) is 25.3 Å². The Morgan fingerprint density at radius 2 is 2.00 bits per heavy atom. The molecule has 0 atom stereocenters. The van der Waals surface area contributed by atoms with Gasteiger partial charge in [-0.05, 0) is 30.3 Å². The van der Waals surface area contributed by atoms with Gasteiger partial charge in [0.05, 0.1) is 14.2 Å². The quantitative estimate of drug-likeness (QED) is 0.697. The Bertz CT molecular complexity index is 920. The lowest BCUT2D eigenvalue weighted by Crippen LogP contribution is -1.94. The zero-order valence-electron chi connectivity index (χ0n) is 12.8. The largest absolute Gasteiger partial charge is 0.497 e. The van der Waals surface area contributed by atoms with Gasteiger partial charge in [-0.25, -0.2) is 9.18 Å². The number of carboxylic acids is 1. The maximum Gasteiger partial charge on any atom is 0.347 e. The molecule has 124 valence electrons. The molecule has 0 saturated heterocycles. The number of aromatic carboxylic acids is 1. The summed E-state index contributed by atoms with van der Waals surface area (Å²) in [5, 5.41) is 10.1. The van der Waals surface area contributed by atoms with Crippen LogP contribution in [0.5, 0.6) is 11.5 Å². The highest BCUT2D eigenvalue weighted by Crippen LogP contribution is 2.44. The van der Waals surface area contributed by atoms with Gasteiger partial charge in [-0.15, -0.1) is 11.3 Å². The smallest absolute Gasteiger partial charge is 0.347 e. The fourth-order valence-electron chi connectivity index (χ4n) is 2.26. The fraction of sp³-hybridized carbons (Fsp3) is 0.118. The monoisotopic (exact) mass is 364 g/mol. The Labute approximate surface area is 145 Å². The summed E-state index contributed by atoms with van der Waals surface area (Å²) in [4.78, 5) is 13.2. The van der Waals surface area contributed by atoms with E-state index in [1.807, 2.05) is 24.3 Å². The molecule has 7 heteroatoms. The molecule has 0 bridgehead atoms. The molecule has 0 spiro atoms. The summed E-state index contributed by atoms with van der Waals surface area (Å²) in [6.45, 7) is 0. The van der Waals surface area contributed by atoms with Crippen molar-refractivity contribution in [2.45, 2.75) is 9.79 Å². The minimum absolute atomic E-state index is 0.0877. The summed E-state index contributed by atoms with van der Waals surface area (Å²) in [6.07, 6.45) is 0. The molecule has 2 aromatic carbocycles. The third-order valence-electron chi connectivity index (χ3n) is 3.37. The van der Waals surface area contributed by atoms with E-state index in [4.69, 9.17) is 9.47 Å². The molecule has 1 aromatic heterocycles. The van der Waals surface area contributed by atoms with Crippen molar-refractivity contribution < 1.29 is 23.8 Å². The molecule has 0 aliphatic rings. The van der Waals surface area contributed by atoms with Crippen LogP contribution < -0.4 is 9.47 Å². The molecule has 3 rings (SSSR count). The lowest BCUT2D eigenvalue weighted by Gasteiger charge is -2.06. The molecule has 0 saturated carbocycles. The van der Waals surface area contributed by atoms with Crippen molar-refractivity contribution in [1.29, 1.82) is 0 Å². The zero-order valence-corrected chi connectivity index (χ0v) is 14.5. The zero-order chi connectivity index (χ0) is 17.3. The number of benzene rings is 2. The second kappa shape index (κ2) is 6.70. The van der Waals surface area contributed by atoms with Crippen LogP contribution in [-0.2, 0) is 0 Å². The fourth-order valence-corrected chi connectivity index (χ4v) is 4.53. The summed E-state index contributed by atoms with van der Waals surface area (Å²) < 4.78 is 24.7. The van der Waals surface area contributed by atoms with E-state index in [9.17, 15) is 14.3 Å². The maximum absolute atomic E-state index is 13.9. The molecule has 0 fully saturated rings. The van der Waals surface area contributed by atoms with Gasteiger partial charge in [0.2, 0.25) is 0 Å². The number of carboxylic acid groups (broad SMARTS) is 1. The minimum Gasteiger partial charge on any atom is -0.497 e. The highest BCUT2D eigenvalue weighted by molar-refractivity contribution is 7.99. The van der Waals surface area contributed by atoms with Crippen LogP contribution in [0, 0.1) is 5.82 Å². The SMILES string of the molecule is COc1cccc(Sc2c(C(=O)O)sc3cc(F)c(OC)cc23)c1. The summed E-state index contributed by atoms with van der Waals surface area (Å²) >= 11 is 2.35. The highest BCUT2D eigenvalue weighted by Gasteiger charge is 2.21. The van der Waals surface area contributed by atoms with Gasteiger partial charge in [-0.1, -0.05) is 17.8 Å². The summed E-state index contributed by atoms with van der Waals surface area (Å²) in [5.41, 5.74) is 0. The maximum atomic E-state index is 13.9. The molecule has 3 aromatic rings. The Kier molecular flexibility index (Phi) is 4.64. The van der Waals surface area contributed by atoms with Crippen LogP contribution in [0.3, 0.4) is 0 Å². The second-order valence-electron chi connectivity index (χ2n) is 4.83. The number of fused-ring (bicyclic) bond motifs is 1. The number of methoxy groups -OCH3 is 2. The van der Waals surface area contributed by atoms with Crippen LogP contribution in [0.1, 0.15) is 9.67 Å². The average molecular weight is 364 g/mol. The van der Waals surface area contributed by atoms with Crippen molar-refractivity contribution in [1.82, 2.24) is 0 Å². The van der Waals surface area contributed by atoms with Crippen molar-refractivity contribution >= 4 is 39.2 Å². The number of rotatable bonds is 5. The van der Waals surface area contributed by atoms with Gasteiger partial charge >= 0.3 is 5.97 Å². The number of hydrogen-bond acceptors (Lipinski definition) is 5. The number of carbonyl (C=O) groups is 1. The topological polar surface area (TPSA) is 55.8 Å². The molecule has 1 N–H and O–H groups in total. The van der Waals surface area contributed by atoms with Crippen molar-refractivity contribution in [3.05, 3.63) is 47.1 Å². The van der Waals surface area contributed by atoms with Crippen molar-refractivity contribution in [3.8, 4) is 11.5 Å². The van der Waals surface area contributed by atoms with Crippen LogP contribution in [0.15, 0.2) is 46.2 Å². The van der Waals surface area contributed by atoms with E-state index < -0.39 is 11.8 Å². The normalized spacial score (nSPS) is 10.8. The molecule has 4 nitrogen and oxygen atoms in total. The Balaban J connectivity index is 2.16. The number of hydrogen-bond donors (Lipinski definition) is 1. The standard InChI is InChI=1S/C17H13FO4S2/c1-21-9-4-3-5-10(6-9)23-15-11-7-13(22-2)12(18)8-14(11)24-16(15)17(19)20/h3-8H,1-2H3,(H,19,20). The predicted octanol–water partition coefficient (Wildman–Crippen LogP) is 4.91. The van der Waals surface area contributed by atoms with Crippen molar-refractivity contribution in [2.24, 2.45) is 0 Å². The first kappa shape index (κ1) is 16.6. The van der Waals surface area contributed by atoms with E-state index in [2.05, 4.69) is 0 Å². The molecule has 0 aliphatic carbocycles. The molecule has 1 heterocycles. The third kappa shape index (κ3) is 3.05. The van der Waals surface area contributed by atoms with Crippen LogP contribution >= 0.6 is 23.1 Å². The lowest BCUT2D eigenvalue weighted by atomic mass is 10.2. The number of thiophene rings is 1. The Hall–Kier alpha value is -2.25. The first-order valence-corrected chi connectivity index (χ1v) is 8.52. The Morgan fingerprint density at radius 3 is 2.67 bits per heavy atom. The van der Waals surface area contributed by atoms with Crippen LogP contribution in [0.4, 0.5) is 4.39 Å². The molecule has 24 heavy (non-hydrogen) atoms. The molecule has 0 unspecified atom stereocenters. The number of halogens is 1. The third-order valence-corrected chi connectivity index (χ3v) is 5.76. The molecular formula is C17H13FO4S2. The molecule has 0 amide bonds. The Morgan fingerprint density at radius 1 is 1.21 bits per heavy atom. The van der Waals surface area contributed by atoms with E-state index in [1.54, 1.807) is 7.11 Å². The van der Waals surface area contributed by atoms with Crippen molar-refractivity contribution in [2.75, 3.05) is 14.2 Å². The molecule has 0 radical (unpaired) electrons. The first-order valence-electron chi connectivity index (χ1n) is 6.88. The first-order chi connectivity index (χ1) is 11.5. The lowest BCUT2D eigenvalue weighted by molar-refractivity contribution is 0.0699. The number of ether oxygens (including phenoxy) is 2. The van der Waals surface area contributed by atoms with Crippen LogP contribution in [0.25, 0.3) is 10.1 Å². The molecule has 0 aliphatic heterocycles. The summed E-state index contributed by atoms with van der Waals surface area (Å²) in [7, 11) is 2.95. The van der Waals surface area contributed by atoms with E-state index in [0.717, 1.165) is 16.2 Å². The van der Waals surface area contributed by atoms with Crippen molar-refractivity contribution in [3.63, 3.8) is 0 Å². The van der Waals surface area contributed by atoms with Gasteiger partial charge in [-0.2, -0.15) is 0 Å². The van der Waals surface area contributed by atoms with E-state index >= 15 is 0 Å². The predicted molar refractivity (Wildman–Crippen MR) is 92.4 cm³/mol. The van der Waals surface area contributed by atoms with E-state index in [-0.39, 0.29) is 10.6 Å². The minimum atomic E-state index is -1.04. The van der Waals surface area contributed by atoms with E-state index in [1.165, 1.54) is 31.0 Å². The highest BCUT2D eigenvalue weighted by atomic mass is 32.2. The van der Waals surface area contributed by atoms with E-state index in [0.29, 0.717) is 20.7 Å². The van der Waals surface area contributed by atoms with Gasteiger partial charge in [0.15, 0.2) is 11.6 Å². The second-order valence-corrected chi connectivity index (χ2v) is 6.97. The average Bonchev–Trinajstić information content (AvgIpc) is 2.92.